The number of Topliss-reactive ketones (excluding diaryl/α,β-unsaturated/α-hetero) is 1. The maximum absolute atomic E-state index is 11.4. The quantitative estimate of drug-likeness (QED) is 0.813. The van der Waals surface area contributed by atoms with Crippen molar-refractivity contribution < 1.29 is 14.3 Å². The molecule has 0 spiro atoms. The van der Waals surface area contributed by atoms with E-state index >= 15 is 0 Å². The molecule has 19 heavy (non-hydrogen) atoms. The molecule has 5 heteroatoms. The lowest BCUT2D eigenvalue weighted by Gasteiger charge is -2.19. The smallest absolute Gasteiger partial charge is 0.407 e. The molecule has 0 atom stereocenters. The lowest BCUT2D eigenvalue weighted by Crippen LogP contribution is -2.32. The first-order valence-corrected chi connectivity index (χ1v) is 6.11. The number of hydrogen-bond donors (Lipinski definition) is 2. The van der Waals surface area contributed by atoms with Crippen molar-refractivity contribution in [3.63, 3.8) is 0 Å². The highest BCUT2D eigenvalue weighted by atomic mass is 16.6. The first-order chi connectivity index (χ1) is 8.81. The van der Waals surface area contributed by atoms with Gasteiger partial charge in [-0.25, -0.2) is 4.79 Å². The fraction of sp³-hybridized carbons (Fsp3) is 0.429. The van der Waals surface area contributed by atoms with Gasteiger partial charge in [-0.2, -0.15) is 0 Å². The summed E-state index contributed by atoms with van der Waals surface area (Å²) >= 11 is 0. The normalized spacial score (nSPS) is 10.9. The van der Waals surface area contributed by atoms with Crippen LogP contribution in [-0.4, -0.2) is 24.0 Å². The molecule has 0 bridgehead atoms. The van der Waals surface area contributed by atoms with Crippen LogP contribution in [0.2, 0.25) is 0 Å². The number of rotatable bonds is 4. The Morgan fingerprint density at radius 3 is 2.26 bits per heavy atom. The van der Waals surface area contributed by atoms with Gasteiger partial charge in [-0.3, -0.25) is 4.79 Å². The van der Waals surface area contributed by atoms with E-state index in [9.17, 15) is 9.59 Å². The second-order valence-corrected chi connectivity index (χ2v) is 5.18. The minimum absolute atomic E-state index is 0.00446. The van der Waals surface area contributed by atoms with Crippen molar-refractivity contribution in [1.29, 1.82) is 0 Å². The molecular formula is C14H20N2O3. The molecule has 0 aliphatic rings. The Kier molecular flexibility index (Phi) is 5.06. The molecule has 3 N–H and O–H groups in total. The van der Waals surface area contributed by atoms with E-state index in [1.54, 1.807) is 45.0 Å². The summed E-state index contributed by atoms with van der Waals surface area (Å²) in [6.07, 6.45) is -0.463. The number of ether oxygens (including phenoxy) is 1. The number of hydrogen-bond acceptors (Lipinski definition) is 4. The van der Waals surface area contributed by atoms with E-state index in [0.717, 1.165) is 5.56 Å². The molecule has 1 aromatic carbocycles. The molecule has 0 aliphatic heterocycles. The van der Waals surface area contributed by atoms with Gasteiger partial charge in [-0.1, -0.05) is 24.3 Å². The number of alkyl carbamates (subject to hydrolysis) is 1. The third-order valence-electron chi connectivity index (χ3n) is 2.30. The average Bonchev–Trinajstić information content (AvgIpc) is 2.34. The number of amides is 1. The maximum Gasteiger partial charge on any atom is 0.407 e. The van der Waals surface area contributed by atoms with Crippen molar-refractivity contribution in [2.24, 2.45) is 5.73 Å². The Morgan fingerprint density at radius 1 is 1.21 bits per heavy atom. The Bertz CT molecular complexity index is 447. The van der Waals surface area contributed by atoms with E-state index in [0.29, 0.717) is 12.1 Å². The van der Waals surface area contributed by atoms with Crippen LogP contribution in [0.1, 0.15) is 36.7 Å². The second kappa shape index (κ2) is 6.33. The Labute approximate surface area is 113 Å². The van der Waals surface area contributed by atoms with Gasteiger partial charge in [0.05, 0.1) is 6.54 Å². The molecule has 0 heterocycles. The third kappa shape index (κ3) is 5.52. The van der Waals surface area contributed by atoms with Crippen LogP contribution in [0.3, 0.4) is 0 Å². The highest BCUT2D eigenvalue weighted by Gasteiger charge is 2.15. The number of ketones is 1. The monoisotopic (exact) mass is 264 g/mol. The molecule has 0 aromatic heterocycles. The fourth-order valence-electron chi connectivity index (χ4n) is 1.41. The molecule has 1 rings (SSSR count). The summed E-state index contributed by atoms with van der Waals surface area (Å²) in [6.45, 7) is 5.76. The molecule has 0 radical (unpaired) electrons. The van der Waals surface area contributed by atoms with Crippen molar-refractivity contribution in [2.45, 2.75) is 32.9 Å². The van der Waals surface area contributed by atoms with E-state index in [4.69, 9.17) is 10.5 Å². The van der Waals surface area contributed by atoms with Crippen molar-refractivity contribution >= 4 is 11.9 Å². The summed E-state index contributed by atoms with van der Waals surface area (Å²) in [4.78, 5) is 22.8. The Hall–Kier alpha value is -1.88. The van der Waals surface area contributed by atoms with Gasteiger partial charge in [0, 0.05) is 12.1 Å². The van der Waals surface area contributed by atoms with Gasteiger partial charge in [0.15, 0.2) is 5.78 Å². The minimum Gasteiger partial charge on any atom is -0.444 e. The highest BCUT2D eigenvalue weighted by Crippen LogP contribution is 2.08. The van der Waals surface area contributed by atoms with Crippen LogP contribution in [0.5, 0.6) is 0 Å². The summed E-state index contributed by atoms with van der Waals surface area (Å²) in [5, 5.41) is 2.65. The molecule has 5 nitrogen and oxygen atoms in total. The van der Waals surface area contributed by atoms with E-state index in [1.165, 1.54) is 0 Å². The van der Waals surface area contributed by atoms with Crippen LogP contribution >= 0.6 is 0 Å². The zero-order valence-electron chi connectivity index (χ0n) is 11.5. The molecule has 0 saturated carbocycles. The van der Waals surface area contributed by atoms with E-state index in [1.807, 2.05) is 0 Å². The SMILES string of the molecule is CC(C)(C)OC(=O)NCc1ccc(C(=O)CN)cc1. The largest absolute Gasteiger partial charge is 0.444 e. The molecule has 1 aromatic rings. The van der Waals surface area contributed by atoms with E-state index in [-0.39, 0.29) is 12.3 Å². The minimum atomic E-state index is -0.512. The third-order valence-corrected chi connectivity index (χ3v) is 2.30. The predicted molar refractivity (Wildman–Crippen MR) is 72.9 cm³/mol. The summed E-state index contributed by atoms with van der Waals surface area (Å²) in [5.41, 5.74) is 6.22. The van der Waals surface area contributed by atoms with Crippen LogP contribution < -0.4 is 11.1 Å². The molecule has 0 aliphatic carbocycles. The molecule has 104 valence electrons. The first kappa shape index (κ1) is 15.2. The topological polar surface area (TPSA) is 81.4 Å². The number of nitrogens with one attached hydrogen (secondary N) is 1. The molecule has 1 amide bonds. The number of carbonyl (C=O) groups is 2. The van der Waals surface area contributed by atoms with Crippen LogP contribution in [-0.2, 0) is 11.3 Å². The van der Waals surface area contributed by atoms with E-state index < -0.39 is 11.7 Å². The highest BCUT2D eigenvalue weighted by molar-refractivity contribution is 5.97. The first-order valence-electron chi connectivity index (χ1n) is 6.11. The molecule has 0 fully saturated rings. The Balaban J connectivity index is 2.50. The molecular weight excluding hydrogens is 244 g/mol. The van der Waals surface area contributed by atoms with Gasteiger partial charge in [0.1, 0.15) is 5.60 Å². The summed E-state index contributed by atoms with van der Waals surface area (Å²) in [6, 6.07) is 6.95. The fourth-order valence-corrected chi connectivity index (χ4v) is 1.41. The van der Waals surface area contributed by atoms with Crippen molar-refractivity contribution in [3.8, 4) is 0 Å². The van der Waals surface area contributed by atoms with Crippen molar-refractivity contribution in [1.82, 2.24) is 5.32 Å². The average molecular weight is 264 g/mol. The summed E-state index contributed by atoms with van der Waals surface area (Å²) < 4.78 is 5.12. The van der Waals surface area contributed by atoms with Crippen LogP contribution in [0.15, 0.2) is 24.3 Å². The van der Waals surface area contributed by atoms with Gasteiger partial charge in [-0.15, -0.1) is 0 Å². The standard InChI is InChI=1S/C14H20N2O3/c1-14(2,3)19-13(18)16-9-10-4-6-11(7-5-10)12(17)8-15/h4-7H,8-9,15H2,1-3H3,(H,16,18). The van der Waals surface area contributed by atoms with Gasteiger partial charge >= 0.3 is 6.09 Å². The zero-order valence-corrected chi connectivity index (χ0v) is 11.5. The number of benzene rings is 1. The van der Waals surface area contributed by atoms with Gasteiger partial charge in [0.25, 0.3) is 0 Å². The van der Waals surface area contributed by atoms with Crippen LogP contribution in [0.4, 0.5) is 4.79 Å². The van der Waals surface area contributed by atoms with Crippen LogP contribution in [0, 0.1) is 0 Å². The molecule has 0 saturated heterocycles. The van der Waals surface area contributed by atoms with Crippen LogP contribution in [0.25, 0.3) is 0 Å². The number of carbonyl (C=O) groups excluding carboxylic acids is 2. The lowest BCUT2D eigenvalue weighted by molar-refractivity contribution is 0.0523. The van der Waals surface area contributed by atoms with Gasteiger partial charge in [0.2, 0.25) is 0 Å². The summed E-state index contributed by atoms with van der Waals surface area (Å²) in [5.74, 6) is -0.105. The summed E-state index contributed by atoms with van der Waals surface area (Å²) in [7, 11) is 0. The van der Waals surface area contributed by atoms with Gasteiger partial charge in [-0.05, 0) is 26.3 Å². The van der Waals surface area contributed by atoms with Gasteiger partial charge < -0.3 is 15.8 Å². The lowest BCUT2D eigenvalue weighted by atomic mass is 10.1. The predicted octanol–water partition coefficient (Wildman–Crippen LogP) is 1.85. The zero-order chi connectivity index (χ0) is 14.5. The maximum atomic E-state index is 11.4. The van der Waals surface area contributed by atoms with E-state index in [2.05, 4.69) is 5.32 Å². The second-order valence-electron chi connectivity index (χ2n) is 5.18. The van der Waals surface area contributed by atoms with Crippen molar-refractivity contribution in [3.05, 3.63) is 35.4 Å². The Morgan fingerprint density at radius 2 is 1.79 bits per heavy atom. The van der Waals surface area contributed by atoms with Crippen molar-refractivity contribution in [2.75, 3.05) is 6.54 Å². The molecule has 0 unspecified atom stereocenters. The number of nitrogens with two attached hydrogens (primary N) is 1.